The monoisotopic (exact) mass is 432 g/mol. The summed E-state index contributed by atoms with van der Waals surface area (Å²) in [5.74, 6) is 6.24. The molecule has 32 heavy (non-hydrogen) atoms. The van der Waals surface area contributed by atoms with E-state index in [9.17, 15) is 4.79 Å². The Labute approximate surface area is 193 Å². The van der Waals surface area contributed by atoms with Crippen molar-refractivity contribution in [3.05, 3.63) is 70.3 Å². The lowest BCUT2D eigenvalue weighted by Crippen LogP contribution is -2.34. The zero-order chi connectivity index (χ0) is 23.4. The zero-order valence-corrected chi connectivity index (χ0v) is 20.4. The van der Waals surface area contributed by atoms with Gasteiger partial charge in [0.25, 0.3) is 0 Å². The van der Waals surface area contributed by atoms with E-state index >= 15 is 0 Å². The van der Waals surface area contributed by atoms with E-state index < -0.39 is 0 Å². The number of carbonyl (C=O) groups is 1. The molecule has 170 valence electrons. The molecule has 3 heteroatoms. The van der Waals surface area contributed by atoms with Crippen LogP contribution in [0.25, 0.3) is 0 Å². The van der Waals surface area contributed by atoms with Crippen molar-refractivity contribution in [3.8, 4) is 11.8 Å². The minimum atomic E-state index is -0.343. The van der Waals surface area contributed by atoms with E-state index in [1.54, 1.807) is 12.1 Å². The van der Waals surface area contributed by atoms with Crippen LogP contribution >= 0.6 is 0 Å². The molecule has 0 amide bonds. The number of hydrogen-bond donors (Lipinski definition) is 0. The van der Waals surface area contributed by atoms with E-state index in [1.165, 1.54) is 31.1 Å². The van der Waals surface area contributed by atoms with Gasteiger partial charge in [0.15, 0.2) is 0 Å². The number of carbonyl (C=O) groups excluding carboxylic acids is 1. The highest BCUT2D eigenvalue weighted by atomic mass is 16.5. The summed E-state index contributed by atoms with van der Waals surface area (Å²) < 4.78 is 11.0. The molecule has 0 aliphatic heterocycles. The van der Waals surface area contributed by atoms with Crippen LogP contribution in [0, 0.1) is 11.8 Å². The number of benzene rings is 2. The molecule has 1 unspecified atom stereocenters. The van der Waals surface area contributed by atoms with Gasteiger partial charge in [-0.25, -0.2) is 4.79 Å². The highest BCUT2D eigenvalue weighted by molar-refractivity contribution is 5.89. The molecule has 1 aliphatic rings. The lowest BCUT2D eigenvalue weighted by atomic mass is 9.63. The van der Waals surface area contributed by atoms with Crippen LogP contribution in [0.4, 0.5) is 0 Å². The topological polar surface area (TPSA) is 35.5 Å². The first kappa shape index (κ1) is 24.1. The minimum Gasteiger partial charge on any atom is -0.465 e. The van der Waals surface area contributed by atoms with Crippen molar-refractivity contribution in [1.82, 2.24) is 0 Å². The summed E-state index contributed by atoms with van der Waals surface area (Å²) in [5.41, 5.74) is 5.68. The molecule has 0 spiro atoms. The lowest BCUT2D eigenvalue weighted by molar-refractivity contribution is 0.0600. The third-order valence-corrected chi connectivity index (χ3v) is 6.62. The second kappa shape index (κ2) is 9.92. The SMILES string of the molecule is CCCCOC(C#Cc1ccc(C(=O)OC)cc1)c1ccc2c(c1)C(C)(C)CCC2(C)C. The molecule has 3 rings (SSSR count). The third kappa shape index (κ3) is 5.43. The fraction of sp³-hybridized carbons (Fsp3) is 0.483. The highest BCUT2D eigenvalue weighted by Gasteiger charge is 2.37. The van der Waals surface area contributed by atoms with Gasteiger partial charge in [-0.1, -0.05) is 71.1 Å². The molecule has 1 aliphatic carbocycles. The molecule has 0 saturated heterocycles. The fourth-order valence-corrected chi connectivity index (χ4v) is 4.29. The Balaban J connectivity index is 1.93. The first-order valence-corrected chi connectivity index (χ1v) is 11.6. The number of methoxy groups -OCH3 is 1. The number of fused-ring (bicyclic) bond motifs is 1. The molecule has 3 nitrogen and oxygen atoms in total. The third-order valence-electron chi connectivity index (χ3n) is 6.62. The Kier molecular flexibility index (Phi) is 7.47. The summed E-state index contributed by atoms with van der Waals surface area (Å²) in [6.45, 7) is 12.2. The molecule has 0 aromatic heterocycles. The second-order valence-electron chi connectivity index (χ2n) is 10.0. The maximum atomic E-state index is 11.7. The Bertz CT molecular complexity index is 1000. The summed E-state index contributed by atoms with van der Waals surface area (Å²) in [5, 5.41) is 0. The quantitative estimate of drug-likeness (QED) is 0.288. The summed E-state index contributed by atoms with van der Waals surface area (Å²) in [6.07, 6.45) is 4.18. The number of unbranched alkanes of at least 4 members (excludes halogenated alkanes) is 1. The van der Waals surface area contributed by atoms with Crippen LogP contribution in [-0.4, -0.2) is 19.7 Å². The van der Waals surface area contributed by atoms with Gasteiger partial charge in [0.2, 0.25) is 0 Å². The Morgan fingerprint density at radius 3 is 2.28 bits per heavy atom. The Morgan fingerprint density at radius 2 is 1.66 bits per heavy atom. The van der Waals surface area contributed by atoms with E-state index in [0.29, 0.717) is 12.2 Å². The van der Waals surface area contributed by atoms with Crippen molar-refractivity contribution < 1.29 is 14.3 Å². The van der Waals surface area contributed by atoms with Crippen molar-refractivity contribution in [2.45, 2.75) is 77.2 Å². The molecule has 0 heterocycles. The zero-order valence-electron chi connectivity index (χ0n) is 20.4. The van der Waals surface area contributed by atoms with Gasteiger partial charge in [-0.3, -0.25) is 0 Å². The normalized spacial score (nSPS) is 16.9. The van der Waals surface area contributed by atoms with Gasteiger partial charge in [-0.2, -0.15) is 0 Å². The van der Waals surface area contributed by atoms with Crippen LogP contribution in [0.5, 0.6) is 0 Å². The molecule has 0 N–H and O–H groups in total. The van der Waals surface area contributed by atoms with Gasteiger partial charge in [0, 0.05) is 12.2 Å². The summed E-state index contributed by atoms with van der Waals surface area (Å²) in [4.78, 5) is 11.7. The molecule has 0 bridgehead atoms. The van der Waals surface area contributed by atoms with Crippen LogP contribution < -0.4 is 0 Å². The van der Waals surface area contributed by atoms with Crippen LogP contribution in [0.3, 0.4) is 0 Å². The van der Waals surface area contributed by atoms with Crippen LogP contribution in [-0.2, 0) is 20.3 Å². The van der Waals surface area contributed by atoms with E-state index in [2.05, 4.69) is 64.7 Å². The van der Waals surface area contributed by atoms with Gasteiger partial charge in [0.05, 0.1) is 12.7 Å². The van der Waals surface area contributed by atoms with Crippen molar-refractivity contribution in [1.29, 1.82) is 0 Å². The molecule has 1 atom stereocenters. The average molecular weight is 433 g/mol. The first-order chi connectivity index (χ1) is 15.2. The molecule has 2 aromatic carbocycles. The lowest BCUT2D eigenvalue weighted by Gasteiger charge is -2.42. The predicted octanol–water partition coefficient (Wildman–Crippen LogP) is 6.73. The van der Waals surface area contributed by atoms with E-state index in [-0.39, 0.29) is 22.9 Å². The Morgan fingerprint density at radius 1 is 1.00 bits per heavy atom. The van der Waals surface area contributed by atoms with Crippen LogP contribution in [0.15, 0.2) is 42.5 Å². The van der Waals surface area contributed by atoms with Gasteiger partial charge in [-0.05, 0) is 71.0 Å². The molecular formula is C29H36O3. The summed E-state index contributed by atoms with van der Waals surface area (Å²) >= 11 is 0. The smallest absolute Gasteiger partial charge is 0.337 e. The maximum absolute atomic E-state index is 11.7. The number of rotatable bonds is 6. The van der Waals surface area contributed by atoms with Crippen molar-refractivity contribution in [2.75, 3.05) is 13.7 Å². The van der Waals surface area contributed by atoms with Crippen LogP contribution in [0.1, 0.15) is 99.0 Å². The molecule has 0 fully saturated rings. The van der Waals surface area contributed by atoms with Crippen molar-refractivity contribution in [2.24, 2.45) is 0 Å². The van der Waals surface area contributed by atoms with E-state index in [4.69, 9.17) is 9.47 Å². The second-order valence-corrected chi connectivity index (χ2v) is 10.0. The van der Waals surface area contributed by atoms with Gasteiger partial charge >= 0.3 is 5.97 Å². The van der Waals surface area contributed by atoms with Gasteiger partial charge in [-0.15, -0.1) is 0 Å². The maximum Gasteiger partial charge on any atom is 0.337 e. The number of esters is 1. The largest absolute Gasteiger partial charge is 0.465 e. The van der Waals surface area contributed by atoms with Gasteiger partial charge in [0.1, 0.15) is 6.10 Å². The molecule has 0 saturated carbocycles. The van der Waals surface area contributed by atoms with Crippen molar-refractivity contribution >= 4 is 5.97 Å². The minimum absolute atomic E-state index is 0.145. The van der Waals surface area contributed by atoms with E-state index in [1.807, 2.05) is 12.1 Å². The molecule has 0 radical (unpaired) electrons. The number of hydrogen-bond acceptors (Lipinski definition) is 3. The average Bonchev–Trinajstić information content (AvgIpc) is 2.79. The predicted molar refractivity (Wildman–Crippen MR) is 130 cm³/mol. The molecular weight excluding hydrogens is 396 g/mol. The van der Waals surface area contributed by atoms with Crippen molar-refractivity contribution in [3.63, 3.8) is 0 Å². The standard InChI is InChI=1S/C29H36O3/c1-7-8-19-32-26(16-11-21-9-12-22(13-10-21)27(30)31-6)23-14-15-24-25(20-23)29(4,5)18-17-28(24,2)3/h9-10,12-15,20,26H,7-8,17-19H2,1-6H3. The van der Waals surface area contributed by atoms with E-state index in [0.717, 1.165) is 24.0 Å². The fourth-order valence-electron chi connectivity index (χ4n) is 4.29. The first-order valence-electron chi connectivity index (χ1n) is 11.6. The van der Waals surface area contributed by atoms with Crippen LogP contribution in [0.2, 0.25) is 0 Å². The highest BCUT2D eigenvalue weighted by Crippen LogP contribution is 2.46. The Hall–Kier alpha value is -2.57. The summed E-state index contributed by atoms with van der Waals surface area (Å²) in [6, 6.07) is 14.0. The molecule has 2 aromatic rings. The van der Waals surface area contributed by atoms with Gasteiger partial charge < -0.3 is 9.47 Å². The summed E-state index contributed by atoms with van der Waals surface area (Å²) in [7, 11) is 1.38. The number of ether oxygens (including phenoxy) is 2.